The average Bonchev–Trinajstić information content (AvgIpc) is 2.61. The van der Waals surface area contributed by atoms with Crippen molar-refractivity contribution in [2.24, 2.45) is 0 Å². The first-order chi connectivity index (χ1) is 11.9. The highest BCUT2D eigenvalue weighted by Gasteiger charge is 2.26. The molecule has 1 aromatic rings. The number of benzene rings is 1. The number of methoxy groups -OCH3 is 2. The van der Waals surface area contributed by atoms with Gasteiger partial charge in [0.05, 0.1) is 25.3 Å². The summed E-state index contributed by atoms with van der Waals surface area (Å²) in [6.45, 7) is 3.94. The molecule has 2 rings (SSSR count). The molecule has 1 unspecified atom stereocenters. The van der Waals surface area contributed by atoms with Gasteiger partial charge in [-0.25, -0.2) is 4.79 Å². The predicted octanol–water partition coefficient (Wildman–Crippen LogP) is 3.15. The van der Waals surface area contributed by atoms with E-state index in [2.05, 4.69) is 17.3 Å². The summed E-state index contributed by atoms with van der Waals surface area (Å²) in [5, 5.41) is 3.48. The molecule has 0 saturated carbocycles. The molecule has 6 nitrogen and oxygen atoms in total. The monoisotopic (exact) mass is 369 g/mol. The number of rotatable bonds is 5. The summed E-state index contributed by atoms with van der Waals surface area (Å²) in [7, 11) is 7.08. The maximum absolute atomic E-state index is 12.6. The van der Waals surface area contributed by atoms with E-state index in [-0.39, 0.29) is 18.1 Å². The summed E-state index contributed by atoms with van der Waals surface area (Å²) >= 11 is 6.44. The van der Waals surface area contributed by atoms with E-state index in [1.54, 1.807) is 25.2 Å². The fourth-order valence-electron chi connectivity index (χ4n) is 3.15. The van der Waals surface area contributed by atoms with E-state index in [9.17, 15) is 4.79 Å². The number of likely N-dealkylation sites (tertiary alicyclic amines) is 1. The van der Waals surface area contributed by atoms with E-state index < -0.39 is 0 Å². The van der Waals surface area contributed by atoms with Crippen LogP contribution in [0.5, 0.6) is 11.5 Å². The number of halogens is 1. The Hall–Kier alpha value is -1.66. The van der Waals surface area contributed by atoms with Crippen LogP contribution in [0.25, 0.3) is 0 Å². The highest BCUT2D eigenvalue weighted by molar-refractivity contribution is 6.33. The Labute approximate surface area is 155 Å². The number of nitrogens with zero attached hydrogens (tertiary/aromatic N) is 2. The maximum atomic E-state index is 12.6. The van der Waals surface area contributed by atoms with Crippen molar-refractivity contribution in [3.63, 3.8) is 0 Å². The van der Waals surface area contributed by atoms with Crippen molar-refractivity contribution in [3.05, 3.63) is 22.7 Å². The second kappa shape index (κ2) is 8.63. The van der Waals surface area contributed by atoms with Gasteiger partial charge >= 0.3 is 6.03 Å². The second-order valence-corrected chi connectivity index (χ2v) is 6.90. The SMILES string of the molecule is COc1ccc(C(C)NC(=O)N(C)C2CCN(C)CC2)c(Cl)c1OC. The van der Waals surface area contributed by atoms with Crippen LogP contribution < -0.4 is 14.8 Å². The summed E-state index contributed by atoms with van der Waals surface area (Å²) in [6.07, 6.45) is 1.98. The van der Waals surface area contributed by atoms with Gasteiger partial charge in [0.2, 0.25) is 0 Å². The van der Waals surface area contributed by atoms with Gasteiger partial charge in [-0.15, -0.1) is 0 Å². The molecule has 25 heavy (non-hydrogen) atoms. The first-order valence-electron chi connectivity index (χ1n) is 8.51. The first-order valence-corrected chi connectivity index (χ1v) is 8.89. The molecule has 1 N–H and O–H groups in total. The summed E-state index contributed by atoms with van der Waals surface area (Å²) < 4.78 is 10.6. The Balaban J connectivity index is 2.06. The van der Waals surface area contributed by atoms with E-state index in [4.69, 9.17) is 21.1 Å². The smallest absolute Gasteiger partial charge is 0.317 e. The zero-order valence-electron chi connectivity index (χ0n) is 15.6. The molecule has 2 amide bonds. The molecule has 140 valence electrons. The van der Waals surface area contributed by atoms with E-state index in [0.29, 0.717) is 16.5 Å². The average molecular weight is 370 g/mol. The van der Waals surface area contributed by atoms with Gasteiger partial charge in [0.1, 0.15) is 0 Å². The number of carbonyl (C=O) groups excluding carboxylic acids is 1. The van der Waals surface area contributed by atoms with E-state index in [1.807, 2.05) is 20.0 Å². The molecular weight excluding hydrogens is 342 g/mol. The minimum Gasteiger partial charge on any atom is -0.493 e. The third kappa shape index (κ3) is 4.50. The van der Waals surface area contributed by atoms with Crippen LogP contribution >= 0.6 is 11.6 Å². The number of nitrogens with one attached hydrogen (secondary N) is 1. The zero-order valence-corrected chi connectivity index (χ0v) is 16.4. The molecule has 1 saturated heterocycles. The van der Waals surface area contributed by atoms with Gasteiger partial charge in [-0.1, -0.05) is 17.7 Å². The van der Waals surface area contributed by atoms with Crippen LogP contribution in [-0.4, -0.2) is 63.3 Å². The number of ether oxygens (including phenoxy) is 2. The molecule has 1 fully saturated rings. The number of hydrogen-bond acceptors (Lipinski definition) is 4. The van der Waals surface area contributed by atoms with Gasteiger partial charge in [-0.2, -0.15) is 0 Å². The summed E-state index contributed by atoms with van der Waals surface area (Å²) in [4.78, 5) is 16.7. The number of piperidine rings is 1. The Bertz CT molecular complexity index is 603. The quantitative estimate of drug-likeness (QED) is 0.866. The van der Waals surface area contributed by atoms with E-state index >= 15 is 0 Å². The van der Waals surface area contributed by atoms with Gasteiger partial charge in [0, 0.05) is 13.1 Å². The van der Waals surface area contributed by atoms with Crippen molar-refractivity contribution in [3.8, 4) is 11.5 Å². The standard InChI is InChI=1S/C18H28ClN3O3/c1-12(14-6-7-15(24-4)17(25-5)16(14)19)20-18(23)22(3)13-8-10-21(2)11-9-13/h6-7,12-13H,8-11H2,1-5H3,(H,20,23). The first kappa shape index (κ1) is 19.7. The molecular formula is C18H28ClN3O3. The Morgan fingerprint density at radius 2 is 1.96 bits per heavy atom. The van der Waals surface area contributed by atoms with Crippen molar-refractivity contribution in [1.29, 1.82) is 0 Å². The Morgan fingerprint density at radius 1 is 1.32 bits per heavy atom. The molecule has 1 heterocycles. The normalized spacial score (nSPS) is 17.0. The number of amides is 2. The predicted molar refractivity (Wildman–Crippen MR) is 99.8 cm³/mol. The van der Waals surface area contributed by atoms with Crippen LogP contribution in [0.3, 0.4) is 0 Å². The van der Waals surface area contributed by atoms with Crippen LogP contribution in [0, 0.1) is 0 Å². The lowest BCUT2D eigenvalue weighted by atomic mass is 10.0. The molecule has 0 radical (unpaired) electrons. The molecule has 1 aromatic carbocycles. The van der Waals surface area contributed by atoms with E-state index in [0.717, 1.165) is 31.5 Å². The van der Waals surface area contributed by atoms with Crippen molar-refractivity contribution >= 4 is 17.6 Å². The highest BCUT2D eigenvalue weighted by atomic mass is 35.5. The topological polar surface area (TPSA) is 54.0 Å². The fraction of sp³-hybridized carbons (Fsp3) is 0.611. The lowest BCUT2D eigenvalue weighted by Crippen LogP contribution is -2.48. The number of carbonyl (C=O) groups is 1. The van der Waals surface area contributed by atoms with Gasteiger partial charge in [0.15, 0.2) is 11.5 Å². The molecule has 0 bridgehead atoms. The molecule has 0 aliphatic carbocycles. The molecule has 1 aliphatic heterocycles. The Kier molecular flexibility index (Phi) is 6.79. The van der Waals surface area contributed by atoms with Crippen LogP contribution in [0.2, 0.25) is 5.02 Å². The summed E-state index contributed by atoms with van der Waals surface area (Å²) in [5.74, 6) is 1.05. The minimum atomic E-state index is -0.242. The molecule has 1 atom stereocenters. The highest BCUT2D eigenvalue weighted by Crippen LogP contribution is 2.39. The third-order valence-electron chi connectivity index (χ3n) is 4.88. The fourth-order valence-corrected chi connectivity index (χ4v) is 3.55. The third-order valence-corrected chi connectivity index (χ3v) is 5.27. The zero-order chi connectivity index (χ0) is 18.6. The largest absolute Gasteiger partial charge is 0.493 e. The van der Waals surface area contributed by atoms with Gasteiger partial charge in [-0.05, 0) is 51.5 Å². The van der Waals surface area contributed by atoms with E-state index in [1.165, 1.54) is 0 Å². The maximum Gasteiger partial charge on any atom is 0.317 e. The molecule has 0 aromatic heterocycles. The van der Waals surface area contributed by atoms with Crippen molar-refractivity contribution in [2.75, 3.05) is 41.4 Å². The van der Waals surface area contributed by atoms with Crippen molar-refractivity contribution in [1.82, 2.24) is 15.1 Å². The van der Waals surface area contributed by atoms with Crippen LogP contribution in [-0.2, 0) is 0 Å². The second-order valence-electron chi connectivity index (χ2n) is 6.52. The lowest BCUT2D eigenvalue weighted by molar-refractivity contribution is 0.146. The minimum absolute atomic E-state index is 0.0899. The molecule has 1 aliphatic rings. The Morgan fingerprint density at radius 3 is 2.52 bits per heavy atom. The van der Waals surface area contributed by atoms with Gasteiger partial charge < -0.3 is 24.6 Å². The summed E-state index contributed by atoms with van der Waals surface area (Å²) in [5.41, 5.74) is 0.796. The molecule has 7 heteroatoms. The van der Waals surface area contributed by atoms with Gasteiger partial charge in [-0.3, -0.25) is 0 Å². The van der Waals surface area contributed by atoms with Crippen LogP contribution in [0.15, 0.2) is 12.1 Å². The summed E-state index contributed by atoms with van der Waals surface area (Å²) in [6, 6.07) is 3.58. The molecule has 0 spiro atoms. The van der Waals surface area contributed by atoms with Gasteiger partial charge in [0.25, 0.3) is 0 Å². The van der Waals surface area contributed by atoms with Crippen molar-refractivity contribution in [2.45, 2.75) is 31.8 Å². The number of urea groups is 1. The van der Waals surface area contributed by atoms with Crippen molar-refractivity contribution < 1.29 is 14.3 Å². The number of hydrogen-bond donors (Lipinski definition) is 1. The van der Waals surface area contributed by atoms with Crippen LogP contribution in [0.1, 0.15) is 31.4 Å². The van der Waals surface area contributed by atoms with Crippen LogP contribution in [0.4, 0.5) is 4.79 Å². The lowest BCUT2D eigenvalue weighted by Gasteiger charge is -2.35.